The van der Waals surface area contributed by atoms with Crippen molar-refractivity contribution in [3.63, 3.8) is 0 Å². The SMILES string of the molecule is CCC/C=C/C/C=C\CCCCCCCc1cccc(O)c1O. The van der Waals surface area contributed by atoms with Crippen molar-refractivity contribution >= 4 is 0 Å². The quantitative estimate of drug-likeness (QED) is 0.270. The molecule has 2 nitrogen and oxygen atoms in total. The van der Waals surface area contributed by atoms with E-state index in [0.717, 1.165) is 24.8 Å². The molecule has 2 N–H and O–H groups in total. The Morgan fingerprint density at radius 2 is 1.52 bits per heavy atom. The molecular formula is C21H32O2. The fourth-order valence-corrected chi connectivity index (χ4v) is 2.56. The van der Waals surface area contributed by atoms with E-state index >= 15 is 0 Å². The van der Waals surface area contributed by atoms with Crippen molar-refractivity contribution in [3.05, 3.63) is 48.1 Å². The maximum Gasteiger partial charge on any atom is 0.160 e. The number of phenolic OH excluding ortho intramolecular Hbond substituents is 2. The number of hydrogen-bond acceptors (Lipinski definition) is 2. The summed E-state index contributed by atoms with van der Waals surface area (Å²) < 4.78 is 0. The van der Waals surface area contributed by atoms with Gasteiger partial charge in [-0.1, -0.05) is 69.0 Å². The maximum atomic E-state index is 9.73. The standard InChI is InChI=1S/C21H32O2/c1-2-3-4-5-6-7-8-9-10-11-12-13-14-16-19-17-15-18-20(22)21(19)23/h4-5,7-8,15,17-18,22-23H,2-3,6,9-14,16H2,1H3/b5-4+,8-7-. The molecule has 1 aromatic carbocycles. The van der Waals surface area contributed by atoms with E-state index in [1.807, 2.05) is 6.07 Å². The molecule has 0 saturated carbocycles. The second kappa shape index (κ2) is 12.8. The van der Waals surface area contributed by atoms with Crippen LogP contribution in [0.4, 0.5) is 0 Å². The maximum absolute atomic E-state index is 9.73. The Balaban J connectivity index is 1.97. The molecule has 0 heterocycles. The van der Waals surface area contributed by atoms with Crippen molar-refractivity contribution in [1.82, 2.24) is 0 Å². The van der Waals surface area contributed by atoms with Gasteiger partial charge in [-0.2, -0.15) is 0 Å². The second-order valence-electron chi connectivity index (χ2n) is 6.06. The summed E-state index contributed by atoms with van der Waals surface area (Å²) in [5.74, 6) is 0.0319. The molecule has 0 amide bonds. The highest BCUT2D eigenvalue weighted by atomic mass is 16.3. The smallest absolute Gasteiger partial charge is 0.160 e. The number of benzene rings is 1. The summed E-state index contributed by atoms with van der Waals surface area (Å²) in [7, 11) is 0. The fraction of sp³-hybridized carbons (Fsp3) is 0.524. The van der Waals surface area contributed by atoms with Gasteiger partial charge in [0.15, 0.2) is 11.5 Å². The average Bonchev–Trinajstić information content (AvgIpc) is 2.55. The summed E-state index contributed by atoms with van der Waals surface area (Å²) in [5.41, 5.74) is 0.851. The van der Waals surface area contributed by atoms with Crippen LogP contribution in [0.5, 0.6) is 11.5 Å². The van der Waals surface area contributed by atoms with Gasteiger partial charge in [0, 0.05) is 0 Å². The van der Waals surface area contributed by atoms with Crippen molar-refractivity contribution in [2.45, 2.75) is 71.1 Å². The van der Waals surface area contributed by atoms with E-state index in [2.05, 4.69) is 31.2 Å². The monoisotopic (exact) mass is 316 g/mol. The van der Waals surface area contributed by atoms with Crippen LogP contribution in [-0.4, -0.2) is 10.2 Å². The highest BCUT2D eigenvalue weighted by Gasteiger charge is 2.04. The third kappa shape index (κ3) is 9.12. The minimum atomic E-state index is -0.0150. The molecule has 0 fully saturated rings. The summed E-state index contributed by atoms with van der Waals surface area (Å²) >= 11 is 0. The van der Waals surface area contributed by atoms with Gasteiger partial charge < -0.3 is 10.2 Å². The lowest BCUT2D eigenvalue weighted by atomic mass is 10.0. The molecule has 0 radical (unpaired) electrons. The number of aromatic hydroxyl groups is 2. The van der Waals surface area contributed by atoms with Crippen LogP contribution in [0.25, 0.3) is 0 Å². The average molecular weight is 316 g/mol. The molecule has 1 rings (SSSR count). The van der Waals surface area contributed by atoms with Gasteiger partial charge in [-0.3, -0.25) is 0 Å². The van der Waals surface area contributed by atoms with E-state index in [-0.39, 0.29) is 11.5 Å². The van der Waals surface area contributed by atoms with Gasteiger partial charge in [-0.25, -0.2) is 0 Å². The van der Waals surface area contributed by atoms with Gasteiger partial charge in [-0.15, -0.1) is 0 Å². The third-order valence-corrected chi connectivity index (χ3v) is 3.98. The molecule has 0 saturated heterocycles. The number of aryl methyl sites for hydroxylation is 1. The van der Waals surface area contributed by atoms with E-state index in [4.69, 9.17) is 0 Å². The van der Waals surface area contributed by atoms with Crippen LogP contribution in [0, 0.1) is 0 Å². The normalized spacial score (nSPS) is 11.7. The first kappa shape index (κ1) is 19.3. The van der Waals surface area contributed by atoms with Gasteiger partial charge in [0.25, 0.3) is 0 Å². The van der Waals surface area contributed by atoms with Gasteiger partial charge >= 0.3 is 0 Å². The predicted octanol–water partition coefficient (Wildman–Crippen LogP) is 6.28. The number of phenols is 2. The molecule has 0 aromatic heterocycles. The summed E-state index contributed by atoms with van der Waals surface area (Å²) in [4.78, 5) is 0. The highest BCUT2D eigenvalue weighted by molar-refractivity contribution is 5.44. The van der Waals surface area contributed by atoms with Crippen LogP contribution in [0.15, 0.2) is 42.5 Å². The molecule has 0 spiro atoms. The van der Waals surface area contributed by atoms with Crippen molar-refractivity contribution in [2.24, 2.45) is 0 Å². The van der Waals surface area contributed by atoms with Gasteiger partial charge in [0.2, 0.25) is 0 Å². The molecule has 0 unspecified atom stereocenters. The first-order valence-corrected chi connectivity index (χ1v) is 9.05. The lowest BCUT2D eigenvalue weighted by Crippen LogP contribution is -1.87. The summed E-state index contributed by atoms with van der Waals surface area (Å²) in [5, 5.41) is 19.2. The number of hydrogen-bond donors (Lipinski definition) is 2. The Bertz CT molecular complexity index is 475. The number of para-hydroxylation sites is 1. The molecule has 0 aliphatic heterocycles. The molecule has 23 heavy (non-hydrogen) atoms. The van der Waals surface area contributed by atoms with Crippen LogP contribution < -0.4 is 0 Å². The Kier molecular flexibility index (Phi) is 10.8. The lowest BCUT2D eigenvalue weighted by molar-refractivity contribution is 0.398. The summed E-state index contributed by atoms with van der Waals surface area (Å²) in [6, 6.07) is 5.19. The Hall–Kier alpha value is -1.70. The minimum absolute atomic E-state index is 0.0150. The first-order valence-electron chi connectivity index (χ1n) is 9.05. The predicted molar refractivity (Wildman–Crippen MR) is 99.0 cm³/mol. The van der Waals surface area contributed by atoms with E-state index in [1.165, 1.54) is 51.0 Å². The van der Waals surface area contributed by atoms with Crippen molar-refractivity contribution in [1.29, 1.82) is 0 Å². The Morgan fingerprint density at radius 1 is 0.826 bits per heavy atom. The van der Waals surface area contributed by atoms with Crippen LogP contribution >= 0.6 is 0 Å². The van der Waals surface area contributed by atoms with Crippen molar-refractivity contribution in [2.75, 3.05) is 0 Å². The molecule has 128 valence electrons. The Morgan fingerprint density at radius 3 is 2.30 bits per heavy atom. The van der Waals surface area contributed by atoms with E-state index in [1.54, 1.807) is 6.07 Å². The Labute approximate surface area is 141 Å². The van der Waals surface area contributed by atoms with Crippen LogP contribution in [-0.2, 0) is 6.42 Å². The second-order valence-corrected chi connectivity index (χ2v) is 6.06. The zero-order valence-corrected chi connectivity index (χ0v) is 14.5. The molecule has 0 atom stereocenters. The number of allylic oxidation sites excluding steroid dienone is 4. The number of rotatable bonds is 12. The summed E-state index contributed by atoms with van der Waals surface area (Å²) in [6.07, 6.45) is 20.6. The fourth-order valence-electron chi connectivity index (χ4n) is 2.56. The van der Waals surface area contributed by atoms with Crippen molar-refractivity contribution in [3.8, 4) is 11.5 Å². The minimum Gasteiger partial charge on any atom is -0.504 e. The summed E-state index contributed by atoms with van der Waals surface area (Å²) in [6.45, 7) is 2.20. The largest absolute Gasteiger partial charge is 0.504 e. The van der Waals surface area contributed by atoms with Gasteiger partial charge in [-0.05, 0) is 50.2 Å². The molecule has 2 heteroatoms. The van der Waals surface area contributed by atoms with Crippen LogP contribution in [0.3, 0.4) is 0 Å². The molecule has 1 aromatic rings. The van der Waals surface area contributed by atoms with E-state index in [9.17, 15) is 10.2 Å². The van der Waals surface area contributed by atoms with Crippen molar-refractivity contribution < 1.29 is 10.2 Å². The molecular weight excluding hydrogens is 284 g/mol. The van der Waals surface area contributed by atoms with Crippen LogP contribution in [0.1, 0.15) is 70.3 Å². The van der Waals surface area contributed by atoms with E-state index in [0.29, 0.717) is 0 Å². The lowest BCUT2D eigenvalue weighted by Gasteiger charge is -2.05. The third-order valence-electron chi connectivity index (χ3n) is 3.98. The first-order chi connectivity index (χ1) is 11.3. The highest BCUT2D eigenvalue weighted by Crippen LogP contribution is 2.29. The number of unbranched alkanes of at least 4 members (excludes halogenated alkanes) is 6. The van der Waals surface area contributed by atoms with Crippen LogP contribution in [0.2, 0.25) is 0 Å². The molecule has 0 aliphatic carbocycles. The molecule has 0 aliphatic rings. The zero-order chi connectivity index (χ0) is 16.8. The molecule has 0 bridgehead atoms. The van der Waals surface area contributed by atoms with Gasteiger partial charge in [0.1, 0.15) is 0 Å². The zero-order valence-electron chi connectivity index (χ0n) is 14.5. The topological polar surface area (TPSA) is 40.5 Å². The van der Waals surface area contributed by atoms with E-state index < -0.39 is 0 Å². The van der Waals surface area contributed by atoms with Gasteiger partial charge in [0.05, 0.1) is 0 Å².